The van der Waals surface area contributed by atoms with Crippen LogP contribution in [0.2, 0.25) is 0 Å². The van der Waals surface area contributed by atoms with E-state index in [1.165, 1.54) is 11.3 Å². The fourth-order valence-electron chi connectivity index (χ4n) is 3.02. The predicted molar refractivity (Wildman–Crippen MR) is 103 cm³/mol. The summed E-state index contributed by atoms with van der Waals surface area (Å²) in [5.41, 5.74) is 0.730. The van der Waals surface area contributed by atoms with Crippen LogP contribution in [0, 0.1) is 32.8 Å². The second kappa shape index (κ2) is 7.91. The number of non-ortho nitro benzene ring substituents is 1. The van der Waals surface area contributed by atoms with E-state index in [0.717, 1.165) is 60.4 Å². The molecule has 1 aliphatic carbocycles. The van der Waals surface area contributed by atoms with Crippen molar-refractivity contribution in [2.45, 2.75) is 25.7 Å². The number of carbonyl (C=O) groups excluding carboxylic acids is 1. The van der Waals surface area contributed by atoms with Gasteiger partial charge in [0.05, 0.1) is 10.5 Å². The lowest BCUT2D eigenvalue weighted by molar-refractivity contribution is -0.384. The average Bonchev–Trinajstić information content (AvgIpc) is 3.03. The van der Waals surface area contributed by atoms with Gasteiger partial charge in [0, 0.05) is 22.6 Å². The number of nitrogens with one attached hydrogen (secondary N) is 1. The zero-order valence-electron chi connectivity index (χ0n) is 14.6. The van der Waals surface area contributed by atoms with E-state index in [4.69, 9.17) is 0 Å². The molecule has 140 valence electrons. The Morgan fingerprint density at radius 2 is 2.07 bits per heavy atom. The number of benzene rings is 1. The Labute approximate surface area is 164 Å². The molecular formula is C19H14N4O4S. The van der Waals surface area contributed by atoms with Crippen molar-refractivity contribution < 1.29 is 14.8 Å². The smallest absolute Gasteiger partial charge is 0.270 e. The molecule has 3 rings (SSSR count). The summed E-state index contributed by atoms with van der Waals surface area (Å²) in [6, 6.07) is 7.17. The van der Waals surface area contributed by atoms with Crippen molar-refractivity contribution in [2.75, 3.05) is 5.32 Å². The van der Waals surface area contributed by atoms with E-state index in [9.17, 15) is 30.5 Å². The third-order valence-electron chi connectivity index (χ3n) is 4.40. The van der Waals surface area contributed by atoms with E-state index in [0.29, 0.717) is 10.6 Å². The van der Waals surface area contributed by atoms with Gasteiger partial charge in [-0.3, -0.25) is 14.9 Å². The number of hydrogen-bond donors (Lipinski definition) is 2. The zero-order chi connectivity index (χ0) is 20.3. The van der Waals surface area contributed by atoms with E-state index < -0.39 is 10.8 Å². The van der Waals surface area contributed by atoms with Gasteiger partial charge in [0.25, 0.3) is 11.6 Å². The molecule has 1 aromatic heterocycles. The van der Waals surface area contributed by atoms with Gasteiger partial charge in [0.1, 0.15) is 28.5 Å². The average molecular weight is 394 g/mol. The Bertz CT molecular complexity index is 1090. The van der Waals surface area contributed by atoms with E-state index in [1.54, 1.807) is 6.07 Å². The number of nitro benzene ring substituents is 1. The lowest BCUT2D eigenvalue weighted by Crippen LogP contribution is -2.13. The summed E-state index contributed by atoms with van der Waals surface area (Å²) in [4.78, 5) is 23.9. The highest BCUT2D eigenvalue weighted by Gasteiger charge is 2.23. The highest BCUT2D eigenvalue weighted by atomic mass is 32.1. The second-order valence-corrected chi connectivity index (χ2v) is 7.26. The molecule has 8 nitrogen and oxygen atoms in total. The van der Waals surface area contributed by atoms with Crippen LogP contribution in [0.15, 0.2) is 23.8 Å². The standard InChI is InChI=1S/C19H14N4O4S/c20-9-12(7-11-8-13(23(26)27)5-6-16(11)24)18(25)22-19-15(10-21)14-3-1-2-4-17(14)28-19/h5-8,24H,1-4H2,(H,22,25)/b12-7+. The van der Waals surface area contributed by atoms with Crippen LogP contribution in [0.25, 0.3) is 6.08 Å². The molecular weight excluding hydrogens is 380 g/mol. The molecule has 28 heavy (non-hydrogen) atoms. The monoisotopic (exact) mass is 394 g/mol. The molecule has 1 amide bonds. The number of aryl methyl sites for hydroxylation is 1. The highest BCUT2D eigenvalue weighted by Crippen LogP contribution is 2.37. The molecule has 0 atom stereocenters. The molecule has 0 fully saturated rings. The number of hydrogen-bond acceptors (Lipinski definition) is 7. The fourth-order valence-corrected chi connectivity index (χ4v) is 4.25. The number of anilines is 1. The van der Waals surface area contributed by atoms with E-state index in [1.807, 2.05) is 0 Å². The molecule has 0 spiro atoms. The maximum Gasteiger partial charge on any atom is 0.270 e. The Kier molecular flexibility index (Phi) is 5.39. The summed E-state index contributed by atoms with van der Waals surface area (Å²) in [5, 5.41) is 42.5. The fraction of sp³-hybridized carbons (Fsp3) is 0.211. The Hall–Kier alpha value is -3.69. The van der Waals surface area contributed by atoms with Crippen molar-refractivity contribution in [3.63, 3.8) is 0 Å². The van der Waals surface area contributed by atoms with Gasteiger partial charge in [0.15, 0.2) is 0 Å². The number of phenols is 1. The summed E-state index contributed by atoms with van der Waals surface area (Å²) in [7, 11) is 0. The summed E-state index contributed by atoms with van der Waals surface area (Å²) in [5.74, 6) is -1.04. The number of aromatic hydroxyl groups is 1. The third-order valence-corrected chi connectivity index (χ3v) is 5.60. The maximum atomic E-state index is 12.5. The van der Waals surface area contributed by atoms with Gasteiger partial charge >= 0.3 is 0 Å². The molecule has 0 radical (unpaired) electrons. The van der Waals surface area contributed by atoms with Gasteiger partial charge in [-0.05, 0) is 43.4 Å². The topological polar surface area (TPSA) is 140 Å². The Balaban J connectivity index is 1.92. The van der Waals surface area contributed by atoms with Gasteiger partial charge < -0.3 is 10.4 Å². The predicted octanol–water partition coefficient (Wildman–Crippen LogP) is 3.66. The summed E-state index contributed by atoms with van der Waals surface area (Å²) in [6.45, 7) is 0. The van der Waals surface area contributed by atoms with Crippen molar-refractivity contribution in [1.29, 1.82) is 10.5 Å². The van der Waals surface area contributed by atoms with Crippen molar-refractivity contribution in [3.05, 3.63) is 55.5 Å². The van der Waals surface area contributed by atoms with Crippen LogP contribution in [0.4, 0.5) is 10.7 Å². The summed E-state index contributed by atoms with van der Waals surface area (Å²) >= 11 is 1.33. The molecule has 0 saturated carbocycles. The second-order valence-electron chi connectivity index (χ2n) is 6.15. The summed E-state index contributed by atoms with van der Waals surface area (Å²) < 4.78 is 0. The largest absolute Gasteiger partial charge is 0.507 e. The SMILES string of the molecule is N#C/C(=C\c1cc([N+](=O)[O-])ccc1O)C(=O)Nc1sc2c(c1C#N)CCCC2. The Morgan fingerprint density at radius 1 is 1.32 bits per heavy atom. The maximum absolute atomic E-state index is 12.5. The van der Waals surface area contributed by atoms with Gasteiger partial charge in [-0.2, -0.15) is 10.5 Å². The van der Waals surface area contributed by atoms with E-state index in [-0.39, 0.29) is 22.6 Å². The van der Waals surface area contributed by atoms with E-state index in [2.05, 4.69) is 11.4 Å². The number of phenolic OH excluding ortho intramolecular Hbond substituents is 1. The van der Waals surface area contributed by atoms with Crippen molar-refractivity contribution in [1.82, 2.24) is 0 Å². The van der Waals surface area contributed by atoms with Gasteiger partial charge in [0.2, 0.25) is 0 Å². The number of carbonyl (C=O) groups is 1. The lowest BCUT2D eigenvalue weighted by atomic mass is 9.96. The molecule has 1 heterocycles. The van der Waals surface area contributed by atoms with Crippen LogP contribution in [-0.4, -0.2) is 15.9 Å². The number of fused-ring (bicyclic) bond motifs is 1. The van der Waals surface area contributed by atoms with Crippen LogP contribution in [0.5, 0.6) is 5.75 Å². The van der Waals surface area contributed by atoms with E-state index >= 15 is 0 Å². The number of nitriles is 2. The number of amides is 1. The summed E-state index contributed by atoms with van der Waals surface area (Å²) in [6.07, 6.45) is 4.74. The van der Waals surface area contributed by atoms with Crippen LogP contribution in [0.3, 0.4) is 0 Å². The van der Waals surface area contributed by atoms with Crippen molar-refractivity contribution in [3.8, 4) is 17.9 Å². The number of nitrogens with zero attached hydrogens (tertiary/aromatic N) is 3. The first-order chi connectivity index (χ1) is 13.4. The first-order valence-electron chi connectivity index (χ1n) is 8.39. The molecule has 0 unspecified atom stereocenters. The van der Waals surface area contributed by atoms with Crippen LogP contribution >= 0.6 is 11.3 Å². The van der Waals surface area contributed by atoms with Gasteiger partial charge in [-0.25, -0.2) is 0 Å². The first-order valence-corrected chi connectivity index (χ1v) is 9.21. The molecule has 9 heteroatoms. The Morgan fingerprint density at radius 3 is 2.75 bits per heavy atom. The quantitative estimate of drug-likeness (QED) is 0.351. The van der Waals surface area contributed by atoms with Crippen molar-refractivity contribution in [2.24, 2.45) is 0 Å². The lowest BCUT2D eigenvalue weighted by Gasteiger charge is -2.09. The van der Waals surface area contributed by atoms with Gasteiger partial charge in [-0.1, -0.05) is 0 Å². The molecule has 1 aromatic carbocycles. The van der Waals surface area contributed by atoms with Gasteiger partial charge in [-0.15, -0.1) is 11.3 Å². The van der Waals surface area contributed by atoms with Crippen LogP contribution < -0.4 is 5.32 Å². The minimum absolute atomic E-state index is 0.0214. The minimum Gasteiger partial charge on any atom is -0.507 e. The van der Waals surface area contributed by atoms with Crippen LogP contribution in [0.1, 0.15) is 34.4 Å². The van der Waals surface area contributed by atoms with Crippen molar-refractivity contribution >= 4 is 34.0 Å². The molecule has 2 N–H and O–H groups in total. The number of rotatable bonds is 4. The number of nitro groups is 1. The molecule has 2 aromatic rings. The molecule has 0 aliphatic heterocycles. The molecule has 1 aliphatic rings. The molecule has 0 bridgehead atoms. The highest BCUT2D eigenvalue weighted by molar-refractivity contribution is 7.16. The normalized spacial score (nSPS) is 13.1. The first kappa shape index (κ1) is 19.1. The third kappa shape index (κ3) is 3.70. The molecule has 0 saturated heterocycles. The zero-order valence-corrected chi connectivity index (χ0v) is 15.4. The number of thiophene rings is 1. The van der Waals surface area contributed by atoms with Crippen LogP contribution in [-0.2, 0) is 17.6 Å². The minimum atomic E-state index is -0.747.